The predicted molar refractivity (Wildman–Crippen MR) is 95.5 cm³/mol. The van der Waals surface area contributed by atoms with Crippen LogP contribution in [0, 0.1) is 13.8 Å². The molecule has 0 aliphatic heterocycles. The summed E-state index contributed by atoms with van der Waals surface area (Å²) in [5.41, 5.74) is 9.36. The summed E-state index contributed by atoms with van der Waals surface area (Å²) in [6, 6.07) is 11.0. The molecule has 130 valence electrons. The third-order valence-electron chi connectivity index (χ3n) is 3.85. The average Bonchev–Trinajstić information content (AvgIpc) is 2.52. The van der Waals surface area contributed by atoms with Crippen LogP contribution >= 0.6 is 0 Å². The molecule has 0 fully saturated rings. The highest BCUT2D eigenvalue weighted by Gasteiger charge is 2.21. The number of sulfonamides is 1. The first-order chi connectivity index (χ1) is 11.2. The molecule has 24 heavy (non-hydrogen) atoms. The zero-order chi connectivity index (χ0) is 17.9. The average molecular weight is 348 g/mol. The van der Waals surface area contributed by atoms with Crippen molar-refractivity contribution >= 4 is 10.0 Å². The molecule has 0 amide bonds. The van der Waals surface area contributed by atoms with E-state index < -0.39 is 10.0 Å². The smallest absolute Gasteiger partial charge is 0.244 e. The molecule has 0 spiro atoms. The Hall–Kier alpha value is -1.89. The molecule has 0 radical (unpaired) electrons. The van der Waals surface area contributed by atoms with E-state index in [4.69, 9.17) is 10.5 Å². The van der Waals surface area contributed by atoms with E-state index in [1.165, 1.54) is 7.11 Å². The van der Waals surface area contributed by atoms with Crippen molar-refractivity contribution in [2.75, 3.05) is 7.11 Å². The lowest BCUT2D eigenvalue weighted by Gasteiger charge is -2.14. The largest absolute Gasteiger partial charge is 0.495 e. The van der Waals surface area contributed by atoms with E-state index in [1.54, 1.807) is 6.07 Å². The Kier molecular flexibility index (Phi) is 5.64. The highest BCUT2D eigenvalue weighted by atomic mass is 32.2. The van der Waals surface area contributed by atoms with Crippen molar-refractivity contribution in [3.8, 4) is 5.75 Å². The van der Waals surface area contributed by atoms with Gasteiger partial charge in [-0.25, -0.2) is 13.1 Å². The van der Waals surface area contributed by atoms with Crippen LogP contribution in [-0.4, -0.2) is 15.5 Å². The minimum Gasteiger partial charge on any atom is -0.495 e. The Morgan fingerprint density at radius 3 is 2.33 bits per heavy atom. The molecule has 6 heteroatoms. The molecular weight excluding hydrogens is 324 g/mol. The van der Waals surface area contributed by atoms with E-state index in [1.807, 2.05) is 51.1 Å². The van der Waals surface area contributed by atoms with Gasteiger partial charge >= 0.3 is 0 Å². The fraction of sp³-hybridized carbons (Fsp3) is 0.333. The van der Waals surface area contributed by atoms with Crippen molar-refractivity contribution in [2.45, 2.75) is 38.3 Å². The Bertz CT molecular complexity index is 813. The Balaban J connectivity index is 2.23. The maximum absolute atomic E-state index is 12.7. The van der Waals surface area contributed by atoms with E-state index in [2.05, 4.69) is 4.72 Å². The first kappa shape index (κ1) is 18.4. The van der Waals surface area contributed by atoms with Crippen molar-refractivity contribution in [3.63, 3.8) is 0 Å². The molecule has 5 nitrogen and oxygen atoms in total. The van der Waals surface area contributed by atoms with Crippen LogP contribution in [0.25, 0.3) is 0 Å². The van der Waals surface area contributed by atoms with Crippen LogP contribution in [0.1, 0.15) is 35.2 Å². The van der Waals surface area contributed by atoms with Crippen LogP contribution in [0.4, 0.5) is 0 Å². The van der Waals surface area contributed by atoms with Gasteiger partial charge < -0.3 is 10.5 Å². The lowest BCUT2D eigenvalue weighted by molar-refractivity contribution is 0.399. The van der Waals surface area contributed by atoms with Gasteiger partial charge in [-0.05, 0) is 49.1 Å². The summed E-state index contributed by atoms with van der Waals surface area (Å²) in [7, 11) is -2.20. The second kappa shape index (κ2) is 7.34. The summed E-state index contributed by atoms with van der Waals surface area (Å²) in [4.78, 5) is 0.162. The summed E-state index contributed by atoms with van der Waals surface area (Å²) < 4.78 is 33.2. The normalized spacial score (nSPS) is 12.9. The summed E-state index contributed by atoms with van der Waals surface area (Å²) in [6.45, 7) is 5.80. The van der Waals surface area contributed by atoms with Crippen LogP contribution in [0.15, 0.2) is 41.3 Å². The molecule has 2 aromatic carbocycles. The molecule has 3 N–H and O–H groups in total. The van der Waals surface area contributed by atoms with Gasteiger partial charge in [0, 0.05) is 12.6 Å². The van der Waals surface area contributed by atoms with Gasteiger partial charge in [0.05, 0.1) is 7.11 Å². The maximum Gasteiger partial charge on any atom is 0.244 e. The third kappa shape index (κ3) is 4.14. The third-order valence-corrected chi connectivity index (χ3v) is 5.26. The zero-order valence-electron chi connectivity index (χ0n) is 14.5. The number of hydrogen-bond donors (Lipinski definition) is 2. The quantitative estimate of drug-likeness (QED) is 0.841. The van der Waals surface area contributed by atoms with Gasteiger partial charge in [-0.15, -0.1) is 0 Å². The predicted octanol–water partition coefficient (Wildman–Crippen LogP) is 2.81. The molecule has 1 unspecified atom stereocenters. The van der Waals surface area contributed by atoms with Gasteiger partial charge in [0.25, 0.3) is 0 Å². The van der Waals surface area contributed by atoms with Crippen LogP contribution in [-0.2, 0) is 16.6 Å². The Morgan fingerprint density at radius 2 is 1.79 bits per heavy atom. The van der Waals surface area contributed by atoms with E-state index in [0.717, 1.165) is 22.3 Å². The van der Waals surface area contributed by atoms with Gasteiger partial charge in [0.15, 0.2) is 0 Å². The summed E-state index contributed by atoms with van der Waals surface area (Å²) in [5.74, 6) is 0.375. The van der Waals surface area contributed by atoms with Gasteiger partial charge in [-0.2, -0.15) is 0 Å². The molecule has 1 atom stereocenters. The monoisotopic (exact) mass is 348 g/mol. The van der Waals surface area contributed by atoms with Crippen LogP contribution < -0.4 is 15.2 Å². The van der Waals surface area contributed by atoms with E-state index >= 15 is 0 Å². The summed E-state index contributed by atoms with van der Waals surface area (Å²) >= 11 is 0. The van der Waals surface area contributed by atoms with E-state index in [9.17, 15) is 8.42 Å². The maximum atomic E-state index is 12.7. The molecule has 0 aliphatic carbocycles. The van der Waals surface area contributed by atoms with Crippen molar-refractivity contribution in [1.29, 1.82) is 0 Å². The minimum absolute atomic E-state index is 0.0460. The standard InChI is InChI=1S/C18H24N2O3S/c1-12-9-13(2)18(23-4)17(10-12)24(21,22)20-11-15-5-7-16(8-6-15)14(3)19/h5-10,14,20H,11,19H2,1-4H3. The van der Waals surface area contributed by atoms with Gasteiger partial charge in [0.2, 0.25) is 10.0 Å². The number of hydrogen-bond acceptors (Lipinski definition) is 4. The summed E-state index contributed by atoms with van der Waals surface area (Å²) in [6.07, 6.45) is 0. The highest BCUT2D eigenvalue weighted by molar-refractivity contribution is 7.89. The first-order valence-corrected chi connectivity index (χ1v) is 9.22. The fourth-order valence-electron chi connectivity index (χ4n) is 2.57. The molecule has 2 aromatic rings. The lowest BCUT2D eigenvalue weighted by atomic mass is 10.1. The van der Waals surface area contributed by atoms with Crippen LogP contribution in [0.5, 0.6) is 5.75 Å². The van der Waals surface area contributed by atoms with Gasteiger partial charge in [-0.1, -0.05) is 30.3 Å². The van der Waals surface area contributed by atoms with Gasteiger partial charge in [-0.3, -0.25) is 0 Å². The van der Waals surface area contributed by atoms with E-state index in [0.29, 0.717) is 5.75 Å². The van der Waals surface area contributed by atoms with Crippen LogP contribution in [0.2, 0.25) is 0 Å². The second-order valence-electron chi connectivity index (χ2n) is 5.97. The molecule has 0 heterocycles. The number of rotatable bonds is 6. The highest BCUT2D eigenvalue weighted by Crippen LogP contribution is 2.29. The summed E-state index contributed by atoms with van der Waals surface area (Å²) in [5, 5.41) is 0. The van der Waals surface area contributed by atoms with Gasteiger partial charge in [0.1, 0.15) is 10.6 Å². The zero-order valence-corrected chi connectivity index (χ0v) is 15.3. The number of aryl methyl sites for hydroxylation is 2. The number of nitrogens with one attached hydrogen (secondary N) is 1. The molecule has 0 saturated heterocycles. The molecule has 0 aromatic heterocycles. The van der Waals surface area contributed by atoms with Crippen LogP contribution in [0.3, 0.4) is 0 Å². The molecular formula is C18H24N2O3S. The number of nitrogens with two attached hydrogens (primary N) is 1. The van der Waals surface area contributed by atoms with Crippen molar-refractivity contribution in [1.82, 2.24) is 4.72 Å². The van der Waals surface area contributed by atoms with Crippen molar-refractivity contribution < 1.29 is 13.2 Å². The lowest BCUT2D eigenvalue weighted by Crippen LogP contribution is -2.24. The number of ether oxygens (including phenoxy) is 1. The van der Waals surface area contributed by atoms with E-state index in [-0.39, 0.29) is 17.5 Å². The number of benzene rings is 2. The Morgan fingerprint density at radius 1 is 1.17 bits per heavy atom. The topological polar surface area (TPSA) is 81.4 Å². The molecule has 0 bridgehead atoms. The molecule has 0 aliphatic rings. The first-order valence-electron chi connectivity index (χ1n) is 7.74. The molecule has 0 saturated carbocycles. The van der Waals surface area contributed by atoms with Crippen molar-refractivity contribution in [3.05, 3.63) is 58.7 Å². The van der Waals surface area contributed by atoms with Crippen molar-refractivity contribution in [2.24, 2.45) is 5.73 Å². The Labute approximate surface area is 143 Å². The second-order valence-corrected chi connectivity index (χ2v) is 7.70. The molecule has 2 rings (SSSR count). The SMILES string of the molecule is COc1c(C)cc(C)cc1S(=O)(=O)NCc1ccc(C(C)N)cc1. The fourth-order valence-corrected chi connectivity index (χ4v) is 3.91. The minimum atomic E-state index is -3.67. The number of methoxy groups -OCH3 is 1.